The molecule has 3 aliphatic rings. The van der Waals surface area contributed by atoms with Crippen LogP contribution in [0.5, 0.6) is 0 Å². The number of amides is 1. The fourth-order valence-electron chi connectivity index (χ4n) is 4.24. The maximum Gasteiger partial charge on any atom is 0.223 e. The van der Waals surface area contributed by atoms with Crippen molar-refractivity contribution in [1.29, 1.82) is 0 Å². The highest BCUT2D eigenvalue weighted by atomic mass is 32.1. The van der Waals surface area contributed by atoms with Gasteiger partial charge in [-0.05, 0) is 18.8 Å². The Balaban J connectivity index is 1.39. The summed E-state index contributed by atoms with van der Waals surface area (Å²) in [6.45, 7) is 4.30. The van der Waals surface area contributed by atoms with E-state index in [4.69, 9.17) is 4.98 Å². The van der Waals surface area contributed by atoms with E-state index in [0.717, 1.165) is 50.7 Å². The van der Waals surface area contributed by atoms with Gasteiger partial charge in [0.1, 0.15) is 0 Å². The molecule has 1 amide bonds. The minimum atomic E-state index is 0.124. The molecular weight excluding hydrogens is 336 g/mol. The van der Waals surface area contributed by atoms with Gasteiger partial charge in [0.15, 0.2) is 5.13 Å². The third-order valence-corrected chi connectivity index (χ3v) is 6.90. The fourth-order valence-corrected chi connectivity index (χ4v) is 5.40. The Morgan fingerprint density at radius 3 is 2.96 bits per heavy atom. The third kappa shape index (κ3) is 3.83. The average Bonchev–Trinajstić information content (AvgIpc) is 3.30. The molecule has 7 heteroatoms. The summed E-state index contributed by atoms with van der Waals surface area (Å²) in [6.07, 6.45) is 6.64. The van der Waals surface area contributed by atoms with E-state index in [0.29, 0.717) is 11.8 Å². The fraction of sp³-hybridized carbons (Fsp3) is 0.778. The summed E-state index contributed by atoms with van der Waals surface area (Å²) in [4.78, 5) is 23.0. The van der Waals surface area contributed by atoms with Crippen LogP contribution in [0, 0.1) is 5.92 Å². The van der Waals surface area contributed by atoms with Crippen molar-refractivity contribution in [3.05, 3.63) is 10.6 Å². The smallest absolute Gasteiger partial charge is 0.223 e. The summed E-state index contributed by atoms with van der Waals surface area (Å²) in [6, 6.07) is 0.124. The SMILES string of the molecule is O=C(CC1CCCC1)N1CCc2nc(N3CCN[C@H](CO)C3)sc2C1. The van der Waals surface area contributed by atoms with Crippen molar-refractivity contribution in [1.82, 2.24) is 15.2 Å². The van der Waals surface area contributed by atoms with Gasteiger partial charge in [0.2, 0.25) is 5.91 Å². The van der Waals surface area contributed by atoms with Gasteiger partial charge in [-0.3, -0.25) is 4.79 Å². The molecule has 1 aromatic rings. The second kappa shape index (κ2) is 7.60. The molecule has 4 rings (SSSR count). The highest BCUT2D eigenvalue weighted by Crippen LogP contribution is 2.33. The Bertz CT molecular complexity index is 614. The Kier molecular flexibility index (Phi) is 5.24. The molecule has 1 atom stereocenters. The lowest BCUT2D eigenvalue weighted by Crippen LogP contribution is -2.52. The van der Waals surface area contributed by atoms with E-state index in [9.17, 15) is 9.90 Å². The first-order valence-electron chi connectivity index (χ1n) is 9.58. The highest BCUT2D eigenvalue weighted by Gasteiger charge is 2.28. The first kappa shape index (κ1) is 17.2. The number of thiazole rings is 1. The van der Waals surface area contributed by atoms with Crippen LogP contribution in [0.2, 0.25) is 0 Å². The first-order chi connectivity index (χ1) is 12.2. The van der Waals surface area contributed by atoms with Crippen LogP contribution < -0.4 is 10.2 Å². The summed E-state index contributed by atoms with van der Waals surface area (Å²) >= 11 is 1.73. The lowest BCUT2D eigenvalue weighted by molar-refractivity contribution is -0.133. The van der Waals surface area contributed by atoms with Gasteiger partial charge in [-0.1, -0.05) is 24.2 Å². The summed E-state index contributed by atoms with van der Waals surface area (Å²) in [5.41, 5.74) is 1.17. The van der Waals surface area contributed by atoms with Gasteiger partial charge in [0, 0.05) is 49.9 Å². The highest BCUT2D eigenvalue weighted by molar-refractivity contribution is 7.15. The van der Waals surface area contributed by atoms with Gasteiger partial charge >= 0.3 is 0 Å². The van der Waals surface area contributed by atoms with Gasteiger partial charge < -0.3 is 20.2 Å². The molecule has 2 N–H and O–H groups in total. The van der Waals surface area contributed by atoms with Crippen LogP contribution in [0.25, 0.3) is 0 Å². The van der Waals surface area contributed by atoms with E-state index in [-0.39, 0.29) is 12.6 Å². The van der Waals surface area contributed by atoms with Crippen molar-refractivity contribution in [2.45, 2.75) is 51.1 Å². The van der Waals surface area contributed by atoms with Gasteiger partial charge in [-0.15, -0.1) is 0 Å². The number of nitrogens with zero attached hydrogens (tertiary/aromatic N) is 3. The molecule has 1 aromatic heterocycles. The van der Waals surface area contributed by atoms with Crippen LogP contribution >= 0.6 is 11.3 Å². The lowest BCUT2D eigenvalue weighted by Gasteiger charge is -2.32. The molecule has 25 heavy (non-hydrogen) atoms. The van der Waals surface area contributed by atoms with Crippen LogP contribution in [0.1, 0.15) is 42.7 Å². The number of hydrogen-bond donors (Lipinski definition) is 2. The van der Waals surface area contributed by atoms with Crippen LogP contribution in [0.3, 0.4) is 0 Å². The number of aromatic nitrogens is 1. The monoisotopic (exact) mass is 364 g/mol. The van der Waals surface area contributed by atoms with Crippen molar-refractivity contribution in [2.75, 3.05) is 37.7 Å². The van der Waals surface area contributed by atoms with Crippen LogP contribution in [-0.2, 0) is 17.8 Å². The average molecular weight is 365 g/mol. The molecule has 0 bridgehead atoms. The zero-order valence-electron chi connectivity index (χ0n) is 14.7. The zero-order valence-corrected chi connectivity index (χ0v) is 15.6. The molecule has 1 saturated heterocycles. The van der Waals surface area contributed by atoms with Crippen LogP contribution in [0.15, 0.2) is 0 Å². The Morgan fingerprint density at radius 1 is 1.32 bits per heavy atom. The van der Waals surface area contributed by atoms with E-state index in [1.54, 1.807) is 11.3 Å². The van der Waals surface area contributed by atoms with E-state index in [1.165, 1.54) is 36.3 Å². The Labute approximate surface area is 153 Å². The second-order valence-corrected chi connectivity index (χ2v) is 8.63. The number of rotatable bonds is 4. The number of piperazine rings is 1. The minimum absolute atomic E-state index is 0.124. The Hall–Kier alpha value is -1.18. The van der Waals surface area contributed by atoms with Gasteiger partial charge in [0.05, 0.1) is 18.8 Å². The largest absolute Gasteiger partial charge is 0.395 e. The van der Waals surface area contributed by atoms with Crippen molar-refractivity contribution in [3.8, 4) is 0 Å². The zero-order chi connectivity index (χ0) is 17.2. The summed E-state index contributed by atoms with van der Waals surface area (Å²) in [5, 5.41) is 13.8. The molecule has 0 aromatic carbocycles. The number of nitrogens with one attached hydrogen (secondary N) is 1. The molecular formula is C18H28N4O2S. The number of hydrogen-bond acceptors (Lipinski definition) is 6. The lowest BCUT2D eigenvalue weighted by atomic mass is 10.0. The summed E-state index contributed by atoms with van der Waals surface area (Å²) in [5.74, 6) is 0.942. The normalized spacial score (nSPS) is 24.6. The van der Waals surface area contributed by atoms with E-state index in [1.807, 2.05) is 4.90 Å². The third-order valence-electron chi connectivity index (χ3n) is 5.76. The van der Waals surface area contributed by atoms with Crippen molar-refractivity contribution >= 4 is 22.4 Å². The van der Waals surface area contributed by atoms with Gasteiger partial charge in [0.25, 0.3) is 0 Å². The van der Waals surface area contributed by atoms with Crippen molar-refractivity contribution in [3.63, 3.8) is 0 Å². The molecule has 3 heterocycles. The maximum atomic E-state index is 12.6. The molecule has 1 aliphatic carbocycles. The molecule has 0 radical (unpaired) electrons. The second-order valence-electron chi connectivity index (χ2n) is 7.57. The van der Waals surface area contributed by atoms with Gasteiger partial charge in [-0.25, -0.2) is 4.98 Å². The van der Waals surface area contributed by atoms with E-state index < -0.39 is 0 Å². The molecule has 0 spiro atoms. The summed E-state index contributed by atoms with van der Waals surface area (Å²) in [7, 11) is 0. The summed E-state index contributed by atoms with van der Waals surface area (Å²) < 4.78 is 0. The molecule has 1 saturated carbocycles. The quantitative estimate of drug-likeness (QED) is 0.845. The van der Waals surface area contributed by atoms with Crippen LogP contribution in [0.4, 0.5) is 5.13 Å². The topological polar surface area (TPSA) is 68.7 Å². The van der Waals surface area contributed by atoms with Crippen LogP contribution in [-0.4, -0.2) is 59.7 Å². The number of aliphatic hydroxyl groups is 1. The number of aliphatic hydroxyl groups excluding tert-OH is 1. The molecule has 0 unspecified atom stereocenters. The number of anilines is 1. The first-order valence-corrected chi connectivity index (χ1v) is 10.4. The number of carbonyl (C=O) groups is 1. The van der Waals surface area contributed by atoms with E-state index in [2.05, 4.69) is 10.2 Å². The van der Waals surface area contributed by atoms with Gasteiger partial charge in [-0.2, -0.15) is 0 Å². The standard InChI is InChI=1S/C18H28N4O2S/c23-12-14-10-22(8-6-19-14)18-20-15-5-7-21(11-16(15)25-18)17(24)9-13-3-1-2-4-13/h13-14,19,23H,1-12H2/t14-/m0/s1. The molecule has 2 aliphatic heterocycles. The molecule has 138 valence electrons. The Morgan fingerprint density at radius 2 is 2.16 bits per heavy atom. The van der Waals surface area contributed by atoms with Crippen molar-refractivity contribution in [2.24, 2.45) is 5.92 Å². The van der Waals surface area contributed by atoms with E-state index >= 15 is 0 Å². The predicted octanol–water partition coefficient (Wildman–Crippen LogP) is 1.38. The maximum absolute atomic E-state index is 12.6. The minimum Gasteiger partial charge on any atom is -0.395 e. The molecule has 2 fully saturated rings. The molecule has 6 nitrogen and oxygen atoms in total. The predicted molar refractivity (Wildman–Crippen MR) is 98.9 cm³/mol. The van der Waals surface area contributed by atoms with Crippen molar-refractivity contribution < 1.29 is 9.90 Å². The number of carbonyl (C=O) groups excluding carboxylic acids is 1. The number of fused-ring (bicyclic) bond motifs is 1.